The van der Waals surface area contributed by atoms with E-state index in [4.69, 9.17) is 19.4 Å². The molecule has 0 saturated carbocycles. The number of ether oxygens (including phenoxy) is 2. The molecule has 0 bridgehead atoms. The third-order valence-corrected chi connectivity index (χ3v) is 10.6. The fraction of sp³-hybridized carbons (Fsp3) is 0.455. The van der Waals surface area contributed by atoms with E-state index in [0.717, 1.165) is 107 Å². The Labute approximate surface area is 272 Å². The summed E-state index contributed by atoms with van der Waals surface area (Å²) in [5.41, 5.74) is 6.75. The molecule has 12 heteroatoms. The Morgan fingerprint density at radius 3 is 2.22 bits per heavy atom. The van der Waals surface area contributed by atoms with Gasteiger partial charge < -0.3 is 14.4 Å². The number of thiazole rings is 2. The van der Waals surface area contributed by atoms with Crippen LogP contribution in [0.3, 0.4) is 0 Å². The van der Waals surface area contributed by atoms with Crippen LogP contribution in [0.2, 0.25) is 0 Å². The number of rotatable bonds is 11. The molecule has 5 aromatic rings. The highest BCUT2D eigenvalue weighted by molar-refractivity contribution is 7.22. The summed E-state index contributed by atoms with van der Waals surface area (Å²) in [4.78, 5) is 26.1. The van der Waals surface area contributed by atoms with Gasteiger partial charge in [-0.1, -0.05) is 35.7 Å². The number of hydrogen-bond donors (Lipinski definition) is 1. The van der Waals surface area contributed by atoms with Gasteiger partial charge >= 0.3 is 0 Å². The van der Waals surface area contributed by atoms with Crippen LogP contribution < -0.4 is 19.8 Å². The van der Waals surface area contributed by atoms with E-state index in [0.29, 0.717) is 18.7 Å². The Morgan fingerprint density at radius 1 is 0.867 bits per heavy atom. The van der Waals surface area contributed by atoms with E-state index in [1.165, 1.54) is 5.56 Å². The van der Waals surface area contributed by atoms with E-state index < -0.39 is 0 Å². The monoisotopic (exact) mass is 644 g/mol. The van der Waals surface area contributed by atoms with Gasteiger partial charge in [0, 0.05) is 57.2 Å². The molecule has 6 heterocycles. The molecule has 2 aliphatic rings. The number of likely N-dealkylation sites (tertiary alicyclic amines) is 1. The molecule has 236 valence electrons. The summed E-state index contributed by atoms with van der Waals surface area (Å²) in [6.45, 7) is 7.73. The van der Waals surface area contributed by atoms with Gasteiger partial charge in [-0.05, 0) is 74.1 Å². The number of piperidine rings is 2. The Balaban J connectivity index is 1.02. The number of hydrogen-bond acceptors (Lipinski definition) is 12. The number of fused-ring (bicyclic) bond motifs is 2. The summed E-state index contributed by atoms with van der Waals surface area (Å²) in [6, 6.07) is 15.2. The lowest BCUT2D eigenvalue weighted by molar-refractivity contribution is 0.184. The van der Waals surface area contributed by atoms with Crippen molar-refractivity contribution in [1.82, 2.24) is 29.8 Å². The first-order valence-electron chi connectivity index (χ1n) is 15.9. The van der Waals surface area contributed by atoms with E-state index in [2.05, 4.69) is 55.3 Å². The summed E-state index contributed by atoms with van der Waals surface area (Å²) in [7, 11) is 1.70. The number of pyridine rings is 2. The first-order chi connectivity index (χ1) is 22.2. The molecule has 2 saturated heterocycles. The largest absolute Gasteiger partial charge is 0.493 e. The van der Waals surface area contributed by atoms with Gasteiger partial charge in [-0.15, -0.1) is 0 Å². The third kappa shape index (κ3) is 6.84. The van der Waals surface area contributed by atoms with Crippen LogP contribution in [-0.2, 0) is 6.54 Å². The molecule has 1 aromatic carbocycles. The number of anilines is 2. The van der Waals surface area contributed by atoms with Gasteiger partial charge in [-0.3, -0.25) is 10.3 Å². The van der Waals surface area contributed by atoms with Crippen molar-refractivity contribution in [3.8, 4) is 11.5 Å². The van der Waals surface area contributed by atoms with Crippen LogP contribution in [0.4, 0.5) is 10.3 Å². The van der Waals surface area contributed by atoms with Crippen LogP contribution in [0.5, 0.6) is 11.5 Å². The molecule has 0 spiro atoms. The van der Waals surface area contributed by atoms with Gasteiger partial charge in [0.2, 0.25) is 0 Å². The average Bonchev–Trinajstić information content (AvgIpc) is 3.69. The topological polar surface area (TPSA) is 91.8 Å². The molecule has 0 aliphatic carbocycles. The summed E-state index contributed by atoms with van der Waals surface area (Å²) >= 11 is 3.34. The Morgan fingerprint density at radius 2 is 1.56 bits per heavy atom. The molecule has 0 atom stereocenters. The molecule has 0 radical (unpaired) electrons. The Kier molecular flexibility index (Phi) is 9.24. The van der Waals surface area contributed by atoms with Crippen molar-refractivity contribution in [1.29, 1.82) is 0 Å². The zero-order valence-electron chi connectivity index (χ0n) is 25.9. The summed E-state index contributed by atoms with van der Waals surface area (Å²) in [5, 5.41) is 4.32. The first kappa shape index (κ1) is 30.1. The van der Waals surface area contributed by atoms with Crippen molar-refractivity contribution < 1.29 is 9.47 Å². The van der Waals surface area contributed by atoms with Gasteiger partial charge in [0.25, 0.3) is 0 Å². The number of methoxy groups -OCH3 is 1. The summed E-state index contributed by atoms with van der Waals surface area (Å²) in [5.74, 6) is 1.63. The quantitative estimate of drug-likeness (QED) is 0.173. The van der Waals surface area contributed by atoms with E-state index in [-0.39, 0.29) is 0 Å². The molecular weight excluding hydrogens is 605 g/mol. The van der Waals surface area contributed by atoms with Gasteiger partial charge in [0.05, 0.1) is 13.7 Å². The molecule has 7 rings (SSSR count). The normalized spacial score (nSPS) is 17.2. The smallest absolute Gasteiger partial charge is 0.200 e. The number of aromatic nitrogens is 4. The highest BCUT2D eigenvalue weighted by Crippen LogP contribution is 2.36. The molecule has 0 amide bonds. The van der Waals surface area contributed by atoms with E-state index >= 15 is 0 Å². The van der Waals surface area contributed by atoms with Crippen molar-refractivity contribution in [2.45, 2.75) is 57.7 Å². The molecule has 2 aliphatic heterocycles. The second-order valence-electron chi connectivity index (χ2n) is 11.7. The molecular formula is C33H40N8O2S2. The predicted octanol–water partition coefficient (Wildman–Crippen LogP) is 6.46. The van der Waals surface area contributed by atoms with Crippen molar-refractivity contribution in [3.05, 3.63) is 60.4 Å². The minimum Gasteiger partial charge on any atom is -0.493 e. The molecule has 0 unspecified atom stereocenters. The number of hydrazine groups is 1. The third-order valence-electron chi connectivity index (χ3n) is 8.70. The van der Waals surface area contributed by atoms with Crippen LogP contribution >= 0.6 is 22.7 Å². The number of nitrogens with zero attached hydrogens (tertiary/aromatic N) is 7. The Bertz CT molecular complexity index is 1650. The standard InChI is InChI=1S/C33H40N8O2S2/c1-3-20-43-29-21-23(8-9-28(29)42-2)22-39-16-10-24(11-17-39)41(33-37-27-7-5-15-35-31(27)45-33)25-12-18-40(19-13-25)38-32-36-26-6-4-14-34-30(26)44-32/h4-9,14-15,21,24-25H,3,10-13,16-20,22H2,1-2H3,(H,36,38). The van der Waals surface area contributed by atoms with Gasteiger partial charge in [0.1, 0.15) is 20.7 Å². The zero-order valence-corrected chi connectivity index (χ0v) is 27.5. The maximum atomic E-state index is 5.98. The fourth-order valence-corrected chi connectivity index (χ4v) is 8.33. The van der Waals surface area contributed by atoms with Crippen LogP contribution in [-0.4, -0.2) is 81.8 Å². The molecule has 45 heavy (non-hydrogen) atoms. The maximum Gasteiger partial charge on any atom is 0.200 e. The van der Waals surface area contributed by atoms with E-state index in [1.807, 2.05) is 36.7 Å². The highest BCUT2D eigenvalue weighted by Gasteiger charge is 2.34. The van der Waals surface area contributed by atoms with Crippen LogP contribution in [0.25, 0.3) is 20.7 Å². The summed E-state index contributed by atoms with van der Waals surface area (Å²) in [6.07, 6.45) is 9.00. The van der Waals surface area contributed by atoms with Gasteiger partial charge in [-0.25, -0.2) is 24.9 Å². The van der Waals surface area contributed by atoms with Crippen LogP contribution in [0.15, 0.2) is 54.9 Å². The minimum absolute atomic E-state index is 0.428. The maximum absolute atomic E-state index is 5.98. The molecule has 2 fully saturated rings. The second-order valence-corrected chi connectivity index (χ2v) is 13.7. The minimum atomic E-state index is 0.428. The number of nitrogens with one attached hydrogen (secondary N) is 1. The van der Waals surface area contributed by atoms with Crippen molar-refractivity contribution >= 4 is 53.6 Å². The van der Waals surface area contributed by atoms with Gasteiger partial charge in [-0.2, -0.15) is 0 Å². The second kappa shape index (κ2) is 13.8. The van der Waals surface area contributed by atoms with Crippen LogP contribution in [0.1, 0.15) is 44.6 Å². The predicted molar refractivity (Wildman–Crippen MR) is 183 cm³/mol. The highest BCUT2D eigenvalue weighted by atomic mass is 32.1. The van der Waals surface area contributed by atoms with E-state index in [1.54, 1.807) is 29.8 Å². The fourth-order valence-electron chi connectivity index (χ4n) is 6.45. The number of benzene rings is 1. The lowest BCUT2D eigenvalue weighted by Gasteiger charge is -2.45. The van der Waals surface area contributed by atoms with Crippen molar-refractivity contribution in [2.24, 2.45) is 0 Å². The van der Waals surface area contributed by atoms with Crippen molar-refractivity contribution in [3.63, 3.8) is 0 Å². The van der Waals surface area contributed by atoms with Crippen molar-refractivity contribution in [2.75, 3.05) is 50.2 Å². The van der Waals surface area contributed by atoms with Gasteiger partial charge in [0.15, 0.2) is 21.8 Å². The molecule has 10 nitrogen and oxygen atoms in total. The lowest BCUT2D eigenvalue weighted by Crippen LogP contribution is -2.53. The summed E-state index contributed by atoms with van der Waals surface area (Å²) < 4.78 is 11.5. The first-order valence-corrected chi connectivity index (χ1v) is 17.5. The zero-order chi connectivity index (χ0) is 30.6. The SMILES string of the molecule is CCCOc1cc(CN2CCC(N(c3nc4cccnc4s3)C3CCN(Nc4nc5cccnc5s4)CC3)CC2)ccc1OC. The van der Waals surface area contributed by atoms with E-state index in [9.17, 15) is 0 Å². The Hall–Kier alpha value is -3.58. The van der Waals surface area contributed by atoms with Crippen LogP contribution in [0, 0.1) is 0 Å². The lowest BCUT2D eigenvalue weighted by atomic mass is 9.97. The molecule has 4 aromatic heterocycles. The average molecular weight is 645 g/mol. The molecule has 1 N–H and O–H groups in total.